The van der Waals surface area contributed by atoms with Gasteiger partial charge in [-0.1, -0.05) is 30.3 Å². The quantitative estimate of drug-likeness (QED) is 0.909. The van der Waals surface area contributed by atoms with Gasteiger partial charge in [0.15, 0.2) is 0 Å². The van der Waals surface area contributed by atoms with Crippen LogP contribution in [0.1, 0.15) is 35.4 Å². The Morgan fingerprint density at radius 1 is 1.19 bits per heavy atom. The van der Waals surface area contributed by atoms with Gasteiger partial charge in [-0.25, -0.2) is 0 Å². The van der Waals surface area contributed by atoms with Crippen LogP contribution < -0.4 is 5.32 Å². The molecule has 2 aromatic rings. The molecule has 4 rings (SSSR count). The van der Waals surface area contributed by atoms with Crippen molar-refractivity contribution in [3.8, 4) is 0 Å². The van der Waals surface area contributed by atoms with E-state index in [2.05, 4.69) is 10.4 Å². The second-order valence-electron chi connectivity index (χ2n) is 7.04. The van der Waals surface area contributed by atoms with E-state index in [1.165, 1.54) is 5.69 Å². The molecule has 26 heavy (non-hydrogen) atoms. The molecule has 6 nitrogen and oxygen atoms in total. The van der Waals surface area contributed by atoms with Gasteiger partial charge in [-0.05, 0) is 18.4 Å². The number of aromatic nitrogens is 2. The molecule has 1 amide bonds. The van der Waals surface area contributed by atoms with Crippen LogP contribution in [0.15, 0.2) is 30.3 Å². The largest absolute Gasteiger partial charge is 0.381 e. The highest BCUT2D eigenvalue weighted by Crippen LogP contribution is 2.35. The monoisotopic (exact) mass is 355 g/mol. The van der Waals surface area contributed by atoms with E-state index in [0.29, 0.717) is 39.2 Å². The van der Waals surface area contributed by atoms with Crippen molar-refractivity contribution in [2.75, 3.05) is 19.8 Å². The summed E-state index contributed by atoms with van der Waals surface area (Å²) in [4.78, 5) is 13.2. The van der Waals surface area contributed by atoms with E-state index in [-0.39, 0.29) is 5.91 Å². The fourth-order valence-corrected chi connectivity index (χ4v) is 4.09. The minimum absolute atomic E-state index is 0.0585. The van der Waals surface area contributed by atoms with Gasteiger partial charge in [0.05, 0.1) is 30.9 Å². The first kappa shape index (κ1) is 17.2. The molecular formula is C20H25N3O3. The number of benzene rings is 1. The van der Waals surface area contributed by atoms with Gasteiger partial charge in [0.1, 0.15) is 0 Å². The third-order valence-electron chi connectivity index (χ3n) is 5.61. The Hall–Kier alpha value is -2.18. The molecular weight excluding hydrogens is 330 g/mol. The number of nitrogens with one attached hydrogen (secondary N) is 1. The molecule has 0 aliphatic carbocycles. The van der Waals surface area contributed by atoms with Crippen LogP contribution in [0.3, 0.4) is 0 Å². The van der Waals surface area contributed by atoms with Gasteiger partial charge >= 0.3 is 0 Å². The number of ether oxygens (including phenoxy) is 2. The summed E-state index contributed by atoms with van der Waals surface area (Å²) in [6.07, 6.45) is 2.27. The molecule has 0 spiro atoms. The summed E-state index contributed by atoms with van der Waals surface area (Å²) in [7, 11) is 1.96. The molecule has 0 bridgehead atoms. The number of carbonyl (C=O) groups excluding carboxylic acids is 1. The lowest BCUT2D eigenvalue weighted by Gasteiger charge is -2.36. The lowest BCUT2D eigenvalue weighted by Crippen LogP contribution is -2.47. The summed E-state index contributed by atoms with van der Waals surface area (Å²) in [5, 5.41) is 7.75. The fraction of sp³-hybridized carbons (Fsp3) is 0.500. The predicted octanol–water partition coefficient (Wildman–Crippen LogP) is 1.86. The Balaban J connectivity index is 1.55. The zero-order chi connectivity index (χ0) is 18.0. The van der Waals surface area contributed by atoms with Crippen LogP contribution in [-0.4, -0.2) is 35.5 Å². The van der Waals surface area contributed by atoms with E-state index in [0.717, 1.165) is 29.8 Å². The molecule has 0 radical (unpaired) electrons. The van der Waals surface area contributed by atoms with Gasteiger partial charge in [0, 0.05) is 37.9 Å². The summed E-state index contributed by atoms with van der Waals surface area (Å²) in [5.74, 6) is 0.0585. The first-order valence-electron chi connectivity index (χ1n) is 9.24. The van der Waals surface area contributed by atoms with Crippen LogP contribution in [0, 0.1) is 0 Å². The van der Waals surface area contributed by atoms with Crippen LogP contribution in [0.25, 0.3) is 0 Å². The average molecular weight is 355 g/mol. The summed E-state index contributed by atoms with van der Waals surface area (Å²) in [6, 6.07) is 10.1. The molecule has 6 heteroatoms. The Bertz CT molecular complexity index is 779. The van der Waals surface area contributed by atoms with Crippen LogP contribution in [-0.2, 0) is 46.3 Å². The second kappa shape index (κ2) is 7.21. The molecule has 1 fully saturated rings. The molecule has 0 atom stereocenters. The van der Waals surface area contributed by atoms with E-state index in [4.69, 9.17) is 9.47 Å². The lowest BCUT2D eigenvalue weighted by molar-refractivity contribution is -0.130. The maximum absolute atomic E-state index is 13.2. The molecule has 0 unspecified atom stereocenters. The van der Waals surface area contributed by atoms with Gasteiger partial charge in [0.2, 0.25) is 5.91 Å². The van der Waals surface area contributed by atoms with Crippen molar-refractivity contribution in [2.45, 2.75) is 37.8 Å². The van der Waals surface area contributed by atoms with Crippen molar-refractivity contribution in [1.29, 1.82) is 0 Å². The summed E-state index contributed by atoms with van der Waals surface area (Å²) >= 11 is 0. The minimum Gasteiger partial charge on any atom is -0.381 e. The van der Waals surface area contributed by atoms with Gasteiger partial charge in [-0.2, -0.15) is 5.10 Å². The highest BCUT2D eigenvalue weighted by molar-refractivity contribution is 5.88. The highest BCUT2D eigenvalue weighted by atomic mass is 16.5. The van der Waals surface area contributed by atoms with Crippen molar-refractivity contribution in [3.05, 3.63) is 52.8 Å². The van der Waals surface area contributed by atoms with E-state index in [1.807, 2.05) is 42.1 Å². The molecule has 3 heterocycles. The predicted molar refractivity (Wildman–Crippen MR) is 96.6 cm³/mol. The molecule has 2 aliphatic heterocycles. The van der Waals surface area contributed by atoms with Crippen molar-refractivity contribution < 1.29 is 14.3 Å². The van der Waals surface area contributed by atoms with E-state index < -0.39 is 5.41 Å². The fourth-order valence-electron chi connectivity index (χ4n) is 4.09. The number of hydrogen-bond acceptors (Lipinski definition) is 4. The van der Waals surface area contributed by atoms with Crippen LogP contribution in [0.2, 0.25) is 0 Å². The van der Waals surface area contributed by atoms with Crippen LogP contribution >= 0.6 is 0 Å². The number of amides is 1. The molecule has 1 N–H and O–H groups in total. The minimum atomic E-state index is -0.523. The van der Waals surface area contributed by atoms with E-state index in [9.17, 15) is 4.79 Å². The Morgan fingerprint density at radius 3 is 2.73 bits per heavy atom. The summed E-state index contributed by atoms with van der Waals surface area (Å²) < 4.78 is 13.0. The zero-order valence-corrected chi connectivity index (χ0v) is 15.2. The summed E-state index contributed by atoms with van der Waals surface area (Å²) in [6.45, 7) is 2.95. The number of nitrogens with zero attached hydrogens (tertiary/aromatic N) is 2. The van der Waals surface area contributed by atoms with Crippen molar-refractivity contribution in [2.24, 2.45) is 7.05 Å². The van der Waals surface area contributed by atoms with Gasteiger partial charge in [-0.3, -0.25) is 9.48 Å². The Labute approximate surface area is 153 Å². The van der Waals surface area contributed by atoms with Crippen molar-refractivity contribution in [1.82, 2.24) is 15.1 Å². The molecule has 1 saturated heterocycles. The number of hydrogen-bond donors (Lipinski definition) is 1. The smallest absolute Gasteiger partial charge is 0.231 e. The van der Waals surface area contributed by atoms with Gasteiger partial charge in [0.25, 0.3) is 0 Å². The van der Waals surface area contributed by atoms with Crippen molar-refractivity contribution in [3.63, 3.8) is 0 Å². The number of aryl methyl sites for hydroxylation is 1. The Morgan fingerprint density at radius 2 is 1.96 bits per heavy atom. The van der Waals surface area contributed by atoms with E-state index >= 15 is 0 Å². The van der Waals surface area contributed by atoms with Crippen molar-refractivity contribution >= 4 is 5.91 Å². The average Bonchev–Trinajstić information content (AvgIpc) is 3.03. The molecule has 1 aromatic heterocycles. The SMILES string of the molecule is Cn1nc(CNC(=O)C2(c3ccccc3)CCOCC2)c2c1CCOC2. The molecule has 1 aromatic carbocycles. The topological polar surface area (TPSA) is 65.4 Å². The first-order valence-corrected chi connectivity index (χ1v) is 9.24. The molecule has 2 aliphatic rings. The van der Waals surface area contributed by atoms with Crippen LogP contribution in [0.5, 0.6) is 0 Å². The van der Waals surface area contributed by atoms with E-state index in [1.54, 1.807) is 0 Å². The number of fused-ring (bicyclic) bond motifs is 1. The lowest BCUT2D eigenvalue weighted by atomic mass is 9.73. The highest BCUT2D eigenvalue weighted by Gasteiger charge is 2.41. The standard InChI is InChI=1S/C20H25N3O3/c1-23-18-7-10-26-14-16(18)17(22-23)13-21-19(24)20(8-11-25-12-9-20)15-5-3-2-4-6-15/h2-6H,7-14H2,1H3,(H,21,24). The normalized spacial score (nSPS) is 19.0. The maximum atomic E-state index is 13.2. The zero-order valence-electron chi connectivity index (χ0n) is 15.2. The third kappa shape index (κ3) is 3.04. The second-order valence-corrected chi connectivity index (χ2v) is 7.04. The molecule has 0 saturated carbocycles. The third-order valence-corrected chi connectivity index (χ3v) is 5.61. The van der Waals surface area contributed by atoms with Crippen LogP contribution in [0.4, 0.5) is 0 Å². The van der Waals surface area contributed by atoms with Gasteiger partial charge < -0.3 is 14.8 Å². The first-order chi connectivity index (χ1) is 12.7. The number of carbonyl (C=O) groups is 1. The van der Waals surface area contributed by atoms with Gasteiger partial charge in [-0.15, -0.1) is 0 Å². The summed E-state index contributed by atoms with van der Waals surface area (Å²) in [5.41, 5.74) is 3.78. The molecule has 138 valence electrons. The Kier molecular flexibility index (Phi) is 4.78. The number of rotatable bonds is 4. The maximum Gasteiger partial charge on any atom is 0.231 e.